The fraction of sp³-hybridized carbons (Fsp3) is 0.455. The van der Waals surface area contributed by atoms with Crippen molar-refractivity contribution >= 4 is 45.4 Å². The Hall–Kier alpha value is -4.05. The van der Waals surface area contributed by atoms with Crippen LogP contribution in [0.4, 0.5) is 5.69 Å². The molecule has 2 aliphatic heterocycles. The topological polar surface area (TPSA) is 89.0 Å². The minimum absolute atomic E-state index is 0.507. The van der Waals surface area contributed by atoms with E-state index in [2.05, 4.69) is 73.3 Å². The SMILES string of the molecule is CCCCOCCOc1ccc(-c2ccc3c(c2)/C=C(/c2nc4ccc(S(=O)CC5=C(C)N=CC(CCC)CC5)cc4[nH]2)CCCN3CCOC)cc1. The van der Waals surface area contributed by atoms with Crippen molar-refractivity contribution in [3.8, 4) is 16.9 Å². The normalized spacial score (nSPS) is 17.9. The van der Waals surface area contributed by atoms with E-state index in [-0.39, 0.29) is 0 Å². The van der Waals surface area contributed by atoms with Crippen molar-refractivity contribution in [2.45, 2.75) is 77.0 Å². The molecule has 6 rings (SSSR count). The Bertz CT molecular complexity index is 1930. The van der Waals surface area contributed by atoms with E-state index in [9.17, 15) is 4.21 Å². The molecule has 3 aromatic carbocycles. The Kier molecular flexibility index (Phi) is 14.1. The third-order valence-electron chi connectivity index (χ3n) is 10.3. The average molecular weight is 737 g/mol. The van der Waals surface area contributed by atoms with Crippen LogP contribution in [0.5, 0.6) is 5.75 Å². The molecule has 0 radical (unpaired) electrons. The minimum atomic E-state index is -1.17. The third-order valence-corrected chi connectivity index (χ3v) is 11.6. The molecule has 53 heavy (non-hydrogen) atoms. The Morgan fingerprint density at radius 1 is 0.943 bits per heavy atom. The fourth-order valence-corrected chi connectivity index (χ4v) is 8.43. The number of unbranched alkanes of at least 4 members (excludes halogenated alkanes) is 1. The Labute approximate surface area is 318 Å². The van der Waals surface area contributed by atoms with Gasteiger partial charge in [-0.3, -0.25) is 9.20 Å². The Balaban J connectivity index is 1.22. The second-order valence-corrected chi connectivity index (χ2v) is 15.6. The second-order valence-electron chi connectivity index (χ2n) is 14.2. The van der Waals surface area contributed by atoms with E-state index < -0.39 is 10.8 Å². The van der Waals surface area contributed by atoms with E-state index in [1.807, 2.05) is 30.3 Å². The number of anilines is 1. The molecule has 0 saturated carbocycles. The molecule has 2 unspecified atom stereocenters. The zero-order chi connectivity index (χ0) is 37.0. The monoisotopic (exact) mass is 736 g/mol. The van der Waals surface area contributed by atoms with Crippen molar-refractivity contribution in [2.24, 2.45) is 10.9 Å². The number of allylic oxidation sites excluding steroid dienone is 2. The minimum Gasteiger partial charge on any atom is -0.491 e. The summed E-state index contributed by atoms with van der Waals surface area (Å²) in [6.07, 6.45) is 12.8. The van der Waals surface area contributed by atoms with Crippen LogP contribution in [0.25, 0.3) is 33.8 Å². The van der Waals surface area contributed by atoms with Gasteiger partial charge in [-0.2, -0.15) is 0 Å². The molecule has 0 amide bonds. The van der Waals surface area contributed by atoms with Crippen LogP contribution in [-0.4, -0.2) is 72.8 Å². The van der Waals surface area contributed by atoms with Gasteiger partial charge in [0, 0.05) is 49.3 Å². The van der Waals surface area contributed by atoms with Gasteiger partial charge < -0.3 is 24.1 Å². The fourth-order valence-electron chi connectivity index (χ4n) is 7.12. The van der Waals surface area contributed by atoms with E-state index in [0.29, 0.717) is 31.5 Å². The van der Waals surface area contributed by atoms with Crippen LogP contribution >= 0.6 is 0 Å². The molecule has 3 heterocycles. The highest BCUT2D eigenvalue weighted by Gasteiger charge is 2.20. The van der Waals surface area contributed by atoms with Crippen LogP contribution < -0.4 is 9.64 Å². The van der Waals surface area contributed by atoms with E-state index in [4.69, 9.17) is 24.2 Å². The van der Waals surface area contributed by atoms with E-state index >= 15 is 0 Å². The number of benzene rings is 3. The number of nitrogens with one attached hydrogen (secondary N) is 1. The molecule has 0 fully saturated rings. The van der Waals surface area contributed by atoms with E-state index in [1.165, 1.54) is 11.3 Å². The summed E-state index contributed by atoms with van der Waals surface area (Å²) in [4.78, 5) is 16.6. The van der Waals surface area contributed by atoms with Gasteiger partial charge in [0.25, 0.3) is 0 Å². The van der Waals surface area contributed by atoms with Crippen LogP contribution in [0.1, 0.15) is 83.5 Å². The molecule has 2 aliphatic rings. The predicted octanol–water partition coefficient (Wildman–Crippen LogP) is 9.88. The standard InChI is InChI=1S/C44H56N4O4S/c1-5-7-23-51-25-26-52-39-16-13-34(14-17-39)35-15-20-43-38(27-35)28-36(10-8-21-48(43)22-24-50-4)44-46-41-19-18-40(29-42(41)47-44)53(49)31-37-12-11-33(9-6-2)30-45-32(37)3/h13-20,27-30,33H,5-12,21-26,31H2,1-4H3,(H,46,47)/b36-28+. The van der Waals surface area contributed by atoms with Crippen molar-refractivity contribution in [3.63, 3.8) is 0 Å². The number of ether oxygens (including phenoxy) is 3. The highest BCUT2D eigenvalue weighted by atomic mass is 32.2. The number of hydrogen-bond acceptors (Lipinski definition) is 7. The zero-order valence-electron chi connectivity index (χ0n) is 32.0. The van der Waals surface area contributed by atoms with Gasteiger partial charge in [-0.05, 0) is 128 Å². The van der Waals surface area contributed by atoms with Crippen molar-refractivity contribution < 1.29 is 18.4 Å². The van der Waals surface area contributed by atoms with Gasteiger partial charge in [-0.15, -0.1) is 0 Å². The number of methoxy groups -OCH3 is 1. The number of hydrogen-bond donors (Lipinski definition) is 1. The van der Waals surface area contributed by atoms with Crippen molar-refractivity contribution in [3.05, 3.63) is 83.3 Å². The third kappa shape index (κ3) is 10.3. The first-order valence-corrected chi connectivity index (χ1v) is 20.8. The molecular weight excluding hydrogens is 681 g/mol. The van der Waals surface area contributed by atoms with Gasteiger partial charge in [0.1, 0.15) is 18.2 Å². The quantitative estimate of drug-likeness (QED) is 0.109. The van der Waals surface area contributed by atoms with Crippen LogP contribution in [-0.2, 0) is 20.3 Å². The van der Waals surface area contributed by atoms with Crippen LogP contribution in [0, 0.1) is 5.92 Å². The summed E-state index contributed by atoms with van der Waals surface area (Å²) >= 11 is 0. The first-order valence-electron chi connectivity index (χ1n) is 19.5. The molecule has 0 bridgehead atoms. The first-order chi connectivity index (χ1) is 25.9. The smallest absolute Gasteiger partial charge is 0.134 e. The number of imidazole rings is 1. The number of fused-ring (bicyclic) bond motifs is 2. The lowest BCUT2D eigenvalue weighted by atomic mass is 9.96. The molecule has 4 aromatic rings. The second kappa shape index (κ2) is 19.3. The molecule has 0 spiro atoms. The van der Waals surface area contributed by atoms with Crippen LogP contribution in [0.3, 0.4) is 0 Å². The molecule has 0 saturated heterocycles. The Morgan fingerprint density at radius 2 is 1.79 bits per heavy atom. The molecule has 2 atom stereocenters. The van der Waals surface area contributed by atoms with Crippen LogP contribution in [0.15, 0.2) is 81.8 Å². The maximum atomic E-state index is 13.7. The number of aromatic amines is 1. The molecule has 8 nitrogen and oxygen atoms in total. The van der Waals surface area contributed by atoms with Gasteiger partial charge in [-0.25, -0.2) is 4.98 Å². The highest BCUT2D eigenvalue weighted by molar-refractivity contribution is 7.85. The molecule has 9 heteroatoms. The van der Waals surface area contributed by atoms with Crippen LogP contribution in [0.2, 0.25) is 0 Å². The number of aromatic nitrogens is 2. The lowest BCUT2D eigenvalue weighted by Crippen LogP contribution is -2.29. The molecular formula is C44H56N4O4S. The largest absolute Gasteiger partial charge is 0.491 e. The molecule has 1 N–H and O–H groups in total. The summed E-state index contributed by atoms with van der Waals surface area (Å²) < 4.78 is 30.7. The van der Waals surface area contributed by atoms with Gasteiger partial charge in [0.2, 0.25) is 0 Å². The summed E-state index contributed by atoms with van der Waals surface area (Å²) in [7, 11) is 0.591. The summed E-state index contributed by atoms with van der Waals surface area (Å²) in [5.74, 6) is 2.73. The van der Waals surface area contributed by atoms with Crippen molar-refractivity contribution in [1.29, 1.82) is 0 Å². The summed E-state index contributed by atoms with van der Waals surface area (Å²) in [6, 6.07) is 21.0. The molecule has 282 valence electrons. The molecule has 1 aromatic heterocycles. The predicted molar refractivity (Wildman–Crippen MR) is 220 cm³/mol. The van der Waals surface area contributed by atoms with Gasteiger partial charge in [0.05, 0.1) is 40.8 Å². The summed E-state index contributed by atoms with van der Waals surface area (Å²) in [6.45, 7) is 10.8. The van der Waals surface area contributed by atoms with Gasteiger partial charge >= 0.3 is 0 Å². The Morgan fingerprint density at radius 3 is 2.60 bits per heavy atom. The zero-order valence-corrected chi connectivity index (χ0v) is 32.8. The van der Waals surface area contributed by atoms with E-state index in [1.54, 1.807) is 7.11 Å². The lowest BCUT2D eigenvalue weighted by molar-refractivity contribution is 0.0981. The van der Waals surface area contributed by atoms with Crippen molar-refractivity contribution in [2.75, 3.05) is 57.3 Å². The van der Waals surface area contributed by atoms with E-state index in [0.717, 1.165) is 127 Å². The van der Waals surface area contributed by atoms with Gasteiger partial charge in [-0.1, -0.05) is 44.9 Å². The maximum absolute atomic E-state index is 13.7. The number of aliphatic imine (C=N–C) groups is 1. The van der Waals surface area contributed by atoms with Gasteiger partial charge in [0.15, 0.2) is 0 Å². The number of rotatable bonds is 17. The number of nitrogens with zero attached hydrogens (tertiary/aromatic N) is 3. The average Bonchev–Trinajstić information content (AvgIpc) is 3.52. The van der Waals surface area contributed by atoms with Crippen molar-refractivity contribution in [1.82, 2.24) is 9.97 Å². The number of H-pyrrole nitrogens is 1. The molecule has 0 aliphatic carbocycles. The first kappa shape index (κ1) is 38.7. The lowest BCUT2D eigenvalue weighted by Gasteiger charge is -2.29. The summed E-state index contributed by atoms with van der Waals surface area (Å²) in [5.41, 5.74) is 9.79. The summed E-state index contributed by atoms with van der Waals surface area (Å²) in [5, 5.41) is 0. The highest BCUT2D eigenvalue weighted by Crippen LogP contribution is 2.35. The maximum Gasteiger partial charge on any atom is 0.134 e.